The molecule has 13 heavy (non-hydrogen) atoms. The van der Waals surface area contributed by atoms with E-state index in [1.54, 1.807) is 14.2 Å². The van der Waals surface area contributed by atoms with Crippen LogP contribution in [-0.4, -0.2) is 32.2 Å². The summed E-state index contributed by atoms with van der Waals surface area (Å²) in [7, 11) is 3.27. The largest absolute Gasteiger partial charge is 0.381 e. The van der Waals surface area contributed by atoms with E-state index in [9.17, 15) is 4.79 Å². The van der Waals surface area contributed by atoms with Crippen LogP contribution in [0.3, 0.4) is 0 Å². The summed E-state index contributed by atoms with van der Waals surface area (Å²) in [5.74, 6) is 0.245. The highest BCUT2D eigenvalue weighted by molar-refractivity contribution is 15.0. The van der Waals surface area contributed by atoms with E-state index < -0.39 is 0 Å². The van der Waals surface area contributed by atoms with Gasteiger partial charge in [-0.2, -0.15) is 0 Å². The molecule has 2 atom stereocenters. The summed E-state index contributed by atoms with van der Waals surface area (Å²) in [6, 6.07) is 0. The number of rotatable bonds is 2. The Morgan fingerprint density at radius 1 is 1.15 bits per heavy atom. The molecule has 2 unspecified atom stereocenters. The van der Waals surface area contributed by atoms with Gasteiger partial charge < -0.3 is 9.47 Å². The van der Waals surface area contributed by atoms with Crippen molar-refractivity contribution in [2.75, 3.05) is 14.2 Å². The van der Waals surface area contributed by atoms with Crippen molar-refractivity contribution in [3.8, 4) is 0 Å². The van der Waals surface area contributed by atoms with E-state index in [-0.39, 0.29) is 18.0 Å². The molecule has 0 aromatic heterocycles. The molecule has 0 heterocycles. The molecular weight excluding hydrogens is 398 g/mol. The van der Waals surface area contributed by atoms with Crippen molar-refractivity contribution in [1.82, 2.24) is 0 Å². The average Bonchev–Trinajstić information content (AvgIpc) is 2.20. The molecule has 1 fully saturated rings. The monoisotopic (exact) mass is 412 g/mol. The van der Waals surface area contributed by atoms with Gasteiger partial charge in [0.1, 0.15) is 5.78 Å². The predicted octanol–water partition coefficient (Wildman–Crippen LogP) is 2.54. The molecule has 0 radical (unpaired) electrons. The highest BCUT2D eigenvalue weighted by atomic mass is 128. The standard InChI is InChI=1S/C8H14O3.I2/c1-10-7-3-6(9)4-8(5-7)11-2;1-2/h7-8H,3-5H2,1-2H3;. The van der Waals surface area contributed by atoms with Gasteiger partial charge in [-0.15, -0.1) is 0 Å². The second kappa shape index (κ2) is 8.37. The smallest absolute Gasteiger partial charge is 0.138 e. The molecular formula is C8H14I2O3. The summed E-state index contributed by atoms with van der Waals surface area (Å²) in [6.45, 7) is 0. The minimum atomic E-state index is 0.0706. The molecule has 0 saturated heterocycles. The molecule has 1 aliphatic rings. The normalized spacial score (nSPS) is 27.8. The molecule has 0 aromatic carbocycles. The average molecular weight is 412 g/mol. The first-order valence-electron chi connectivity index (χ1n) is 3.97. The Bertz CT molecular complexity index is 138. The lowest BCUT2D eigenvalue weighted by Crippen LogP contribution is -2.32. The molecule has 1 aliphatic carbocycles. The maximum absolute atomic E-state index is 11.0. The van der Waals surface area contributed by atoms with E-state index in [2.05, 4.69) is 37.2 Å². The van der Waals surface area contributed by atoms with Gasteiger partial charge in [-0.05, 0) is 0 Å². The fraction of sp³-hybridized carbons (Fsp3) is 0.875. The molecule has 5 heteroatoms. The van der Waals surface area contributed by atoms with Gasteiger partial charge in [-0.25, -0.2) is 0 Å². The summed E-state index contributed by atoms with van der Waals surface area (Å²) in [5, 5.41) is 0. The maximum atomic E-state index is 11.0. The van der Waals surface area contributed by atoms with Crippen LogP contribution in [0.4, 0.5) is 0 Å². The van der Waals surface area contributed by atoms with E-state index in [4.69, 9.17) is 9.47 Å². The lowest BCUT2D eigenvalue weighted by molar-refractivity contribution is -0.129. The van der Waals surface area contributed by atoms with Crippen molar-refractivity contribution < 1.29 is 14.3 Å². The van der Waals surface area contributed by atoms with E-state index in [0.717, 1.165) is 6.42 Å². The summed E-state index contributed by atoms with van der Waals surface area (Å²) < 4.78 is 10.2. The summed E-state index contributed by atoms with van der Waals surface area (Å²) in [5.41, 5.74) is 0. The first-order valence-corrected chi connectivity index (χ1v) is 10.3. The number of carbonyl (C=O) groups excluding carboxylic acids is 1. The molecule has 78 valence electrons. The van der Waals surface area contributed by atoms with Crippen LogP contribution in [-0.2, 0) is 14.3 Å². The highest BCUT2D eigenvalue weighted by Crippen LogP contribution is 2.19. The van der Waals surface area contributed by atoms with Crippen LogP contribution in [0.5, 0.6) is 0 Å². The Kier molecular flexibility index (Phi) is 9.04. The number of carbonyl (C=O) groups is 1. The van der Waals surface area contributed by atoms with E-state index >= 15 is 0 Å². The fourth-order valence-corrected chi connectivity index (χ4v) is 1.41. The molecule has 0 amide bonds. The third kappa shape index (κ3) is 5.48. The summed E-state index contributed by atoms with van der Waals surface area (Å²) in [4.78, 5) is 11.0. The maximum Gasteiger partial charge on any atom is 0.138 e. The topological polar surface area (TPSA) is 35.5 Å². The molecule has 0 N–H and O–H groups in total. The zero-order valence-corrected chi connectivity index (χ0v) is 12.1. The molecule has 0 aromatic rings. The van der Waals surface area contributed by atoms with Gasteiger partial charge in [0, 0.05) is 70.7 Å². The van der Waals surface area contributed by atoms with Crippen LogP contribution >= 0.6 is 37.2 Å². The molecule has 0 spiro atoms. The van der Waals surface area contributed by atoms with Crippen LogP contribution < -0.4 is 0 Å². The Balaban J connectivity index is 0.000000671. The zero-order chi connectivity index (χ0) is 10.3. The number of ether oxygens (including phenoxy) is 2. The lowest BCUT2D eigenvalue weighted by atomic mass is 9.94. The van der Waals surface area contributed by atoms with Crippen molar-refractivity contribution in [2.24, 2.45) is 0 Å². The Labute approximate surface area is 102 Å². The Hall–Kier alpha value is 1.05. The summed E-state index contributed by atoms with van der Waals surface area (Å²) in [6.07, 6.45) is 2.09. The first-order chi connectivity index (χ1) is 6.26. The van der Waals surface area contributed by atoms with Crippen LogP contribution in [0.25, 0.3) is 0 Å². The van der Waals surface area contributed by atoms with Gasteiger partial charge in [0.2, 0.25) is 0 Å². The van der Waals surface area contributed by atoms with Crippen molar-refractivity contribution in [2.45, 2.75) is 31.5 Å². The van der Waals surface area contributed by atoms with Gasteiger partial charge in [-0.3, -0.25) is 4.79 Å². The van der Waals surface area contributed by atoms with Crippen molar-refractivity contribution >= 4 is 43.0 Å². The second-order valence-corrected chi connectivity index (χ2v) is 2.90. The third-order valence-corrected chi connectivity index (χ3v) is 2.10. The Morgan fingerprint density at radius 2 is 1.54 bits per heavy atom. The van der Waals surface area contributed by atoms with Gasteiger partial charge in [0.05, 0.1) is 12.2 Å². The lowest BCUT2D eigenvalue weighted by Gasteiger charge is -2.25. The predicted molar refractivity (Wildman–Crippen MR) is 68.5 cm³/mol. The van der Waals surface area contributed by atoms with Crippen LogP contribution in [0.1, 0.15) is 19.3 Å². The summed E-state index contributed by atoms with van der Waals surface area (Å²) >= 11 is 4.24. The molecule has 0 bridgehead atoms. The van der Waals surface area contributed by atoms with Crippen molar-refractivity contribution in [3.05, 3.63) is 0 Å². The van der Waals surface area contributed by atoms with Crippen molar-refractivity contribution in [1.29, 1.82) is 0 Å². The minimum Gasteiger partial charge on any atom is -0.381 e. The highest BCUT2D eigenvalue weighted by Gasteiger charge is 2.26. The second-order valence-electron chi connectivity index (χ2n) is 2.90. The number of ketones is 1. The quantitative estimate of drug-likeness (QED) is 0.655. The fourth-order valence-electron chi connectivity index (χ4n) is 1.41. The van der Waals surface area contributed by atoms with E-state index in [1.807, 2.05) is 0 Å². The van der Waals surface area contributed by atoms with Crippen LogP contribution in [0.15, 0.2) is 0 Å². The van der Waals surface area contributed by atoms with Gasteiger partial charge >= 0.3 is 0 Å². The third-order valence-electron chi connectivity index (χ3n) is 2.10. The zero-order valence-electron chi connectivity index (χ0n) is 7.76. The van der Waals surface area contributed by atoms with Gasteiger partial charge in [0.25, 0.3) is 0 Å². The van der Waals surface area contributed by atoms with Gasteiger partial charge in [-0.1, -0.05) is 0 Å². The van der Waals surface area contributed by atoms with Crippen LogP contribution in [0, 0.1) is 0 Å². The molecule has 0 aliphatic heterocycles. The minimum absolute atomic E-state index is 0.0706. The molecule has 1 rings (SSSR count). The van der Waals surface area contributed by atoms with E-state index in [1.165, 1.54) is 0 Å². The number of halogens is 2. The van der Waals surface area contributed by atoms with Gasteiger partial charge in [0.15, 0.2) is 0 Å². The van der Waals surface area contributed by atoms with Crippen molar-refractivity contribution in [3.63, 3.8) is 0 Å². The SMILES string of the molecule is COC1CC(=O)CC(OC)C1.II. The number of hydrogen-bond acceptors (Lipinski definition) is 3. The number of hydrogen-bond donors (Lipinski definition) is 0. The number of Topliss-reactive ketones (excluding diaryl/α,β-unsaturated/α-hetero) is 1. The Morgan fingerprint density at radius 3 is 1.85 bits per heavy atom. The number of methoxy groups -OCH3 is 2. The van der Waals surface area contributed by atoms with Crippen LogP contribution in [0.2, 0.25) is 0 Å². The van der Waals surface area contributed by atoms with E-state index in [0.29, 0.717) is 12.8 Å². The first kappa shape index (κ1) is 14.1. The molecule has 3 nitrogen and oxygen atoms in total. The molecule has 1 saturated carbocycles.